The second-order valence-corrected chi connectivity index (χ2v) is 7.14. The van der Waals surface area contributed by atoms with Gasteiger partial charge in [0.05, 0.1) is 0 Å². The predicted octanol–water partition coefficient (Wildman–Crippen LogP) is 2.72. The van der Waals surface area contributed by atoms with Gasteiger partial charge in [-0.2, -0.15) is 0 Å². The third-order valence-corrected chi connectivity index (χ3v) is 4.87. The Morgan fingerprint density at radius 2 is 1.84 bits per heavy atom. The van der Waals surface area contributed by atoms with Gasteiger partial charge in [-0.25, -0.2) is 4.79 Å². The lowest BCUT2D eigenvalue weighted by Crippen LogP contribution is -2.54. The molecule has 1 aromatic carbocycles. The summed E-state index contributed by atoms with van der Waals surface area (Å²) >= 11 is 0. The zero-order valence-electron chi connectivity index (χ0n) is 15.0. The first-order valence-corrected chi connectivity index (χ1v) is 8.77. The molecule has 5 nitrogen and oxygen atoms in total. The number of nitrogens with zero attached hydrogens (tertiary/aromatic N) is 2. The van der Waals surface area contributed by atoms with Crippen LogP contribution in [0, 0.1) is 0 Å². The van der Waals surface area contributed by atoms with Crippen LogP contribution in [0.5, 0.6) is 0 Å². The van der Waals surface area contributed by atoms with Gasteiger partial charge in [0.25, 0.3) is 0 Å². The highest BCUT2D eigenvalue weighted by atomic mass is 16.2. The van der Waals surface area contributed by atoms with Crippen molar-refractivity contribution in [3.05, 3.63) is 65.5 Å². The number of aromatic nitrogens is 1. The quantitative estimate of drug-likeness (QED) is 0.881. The van der Waals surface area contributed by atoms with Crippen molar-refractivity contribution >= 4 is 6.03 Å². The van der Waals surface area contributed by atoms with Crippen LogP contribution in [-0.2, 0) is 19.5 Å². The summed E-state index contributed by atoms with van der Waals surface area (Å²) in [7, 11) is 0. The Kier molecular flexibility index (Phi) is 5.34. The highest BCUT2D eigenvalue weighted by Crippen LogP contribution is 2.24. The molecule has 1 aromatic heterocycles. The van der Waals surface area contributed by atoms with Crippen LogP contribution in [0.3, 0.4) is 0 Å². The molecule has 0 saturated carbocycles. The number of fused-ring (bicyclic) bond motifs is 1. The number of hydrogen-bond acceptors (Lipinski definition) is 3. The maximum absolute atomic E-state index is 12.1. The number of urea groups is 1. The van der Waals surface area contributed by atoms with Crippen LogP contribution in [-0.4, -0.2) is 34.5 Å². The smallest absolute Gasteiger partial charge is 0.315 e. The molecule has 5 heteroatoms. The molecular weight excluding hydrogens is 312 g/mol. The Morgan fingerprint density at radius 1 is 1.12 bits per heavy atom. The van der Waals surface area contributed by atoms with Gasteiger partial charge in [0.15, 0.2) is 0 Å². The van der Waals surface area contributed by atoms with Crippen LogP contribution in [0.15, 0.2) is 48.8 Å². The fraction of sp³-hybridized carbons (Fsp3) is 0.400. The monoisotopic (exact) mass is 338 g/mol. The van der Waals surface area contributed by atoms with Crippen LogP contribution in [0.4, 0.5) is 4.79 Å². The summed E-state index contributed by atoms with van der Waals surface area (Å²) in [5, 5.41) is 5.90. The van der Waals surface area contributed by atoms with Gasteiger partial charge in [0.1, 0.15) is 0 Å². The number of carbonyl (C=O) groups is 1. The number of carbonyl (C=O) groups excluding carboxylic acids is 1. The molecular formula is C20H26N4O. The number of hydrogen-bond donors (Lipinski definition) is 2. The van der Waals surface area contributed by atoms with Crippen LogP contribution >= 0.6 is 0 Å². The summed E-state index contributed by atoms with van der Waals surface area (Å²) in [6, 6.07) is 12.3. The number of pyridine rings is 1. The van der Waals surface area contributed by atoms with E-state index in [-0.39, 0.29) is 11.6 Å². The van der Waals surface area contributed by atoms with Crippen LogP contribution in [0.25, 0.3) is 0 Å². The van der Waals surface area contributed by atoms with Crippen molar-refractivity contribution in [1.29, 1.82) is 0 Å². The first kappa shape index (κ1) is 17.4. The van der Waals surface area contributed by atoms with Crippen LogP contribution in [0.2, 0.25) is 0 Å². The average molecular weight is 338 g/mol. The first-order valence-electron chi connectivity index (χ1n) is 8.77. The first-order chi connectivity index (χ1) is 12.0. The summed E-state index contributed by atoms with van der Waals surface area (Å²) in [4.78, 5) is 18.5. The fourth-order valence-electron chi connectivity index (χ4n) is 3.17. The fourth-order valence-corrected chi connectivity index (χ4v) is 3.17. The topological polar surface area (TPSA) is 57.3 Å². The van der Waals surface area contributed by atoms with E-state index in [1.165, 1.54) is 11.1 Å². The maximum atomic E-state index is 12.1. The zero-order chi connectivity index (χ0) is 17.7. The van der Waals surface area contributed by atoms with Crippen molar-refractivity contribution in [2.75, 3.05) is 13.1 Å². The van der Waals surface area contributed by atoms with Crippen LogP contribution in [0.1, 0.15) is 30.5 Å². The number of rotatable bonds is 5. The second-order valence-electron chi connectivity index (χ2n) is 7.14. The minimum Gasteiger partial charge on any atom is -0.336 e. The summed E-state index contributed by atoms with van der Waals surface area (Å²) < 4.78 is 0. The molecule has 0 unspecified atom stereocenters. The van der Waals surface area contributed by atoms with Gasteiger partial charge in [-0.3, -0.25) is 9.88 Å². The van der Waals surface area contributed by atoms with Gasteiger partial charge in [0, 0.05) is 44.1 Å². The molecule has 2 N–H and O–H groups in total. The van der Waals surface area contributed by atoms with Gasteiger partial charge in [0.2, 0.25) is 0 Å². The van der Waals surface area contributed by atoms with Crippen molar-refractivity contribution < 1.29 is 4.79 Å². The Hall–Kier alpha value is -2.40. The average Bonchev–Trinajstić information content (AvgIpc) is 2.65. The third-order valence-electron chi connectivity index (χ3n) is 4.87. The lowest BCUT2D eigenvalue weighted by atomic mass is 9.94. The largest absolute Gasteiger partial charge is 0.336 e. The maximum Gasteiger partial charge on any atom is 0.315 e. The molecule has 0 saturated heterocycles. The van der Waals surface area contributed by atoms with E-state index in [4.69, 9.17) is 0 Å². The highest BCUT2D eigenvalue weighted by Gasteiger charge is 2.29. The van der Waals surface area contributed by atoms with E-state index >= 15 is 0 Å². The highest BCUT2D eigenvalue weighted by molar-refractivity contribution is 5.73. The molecule has 0 radical (unpaired) electrons. The number of nitrogens with one attached hydrogen (secondary N) is 2. The Morgan fingerprint density at radius 3 is 2.60 bits per heavy atom. The SMILES string of the molecule is CC(C)(CNC(=O)NCc1ccncc1)N1CCc2ccccc2C1. The predicted molar refractivity (Wildman–Crippen MR) is 99.1 cm³/mol. The molecule has 2 aromatic rings. The van der Waals surface area contributed by atoms with Gasteiger partial charge in [-0.15, -0.1) is 0 Å². The molecule has 1 aliphatic rings. The minimum absolute atomic E-state index is 0.0957. The van der Waals surface area contributed by atoms with Gasteiger partial charge >= 0.3 is 6.03 Å². The van der Waals surface area contributed by atoms with Crippen molar-refractivity contribution in [2.24, 2.45) is 0 Å². The molecule has 132 valence electrons. The molecule has 0 atom stereocenters. The molecule has 2 amide bonds. The van der Waals surface area contributed by atoms with E-state index in [1.54, 1.807) is 12.4 Å². The molecule has 0 aliphatic carbocycles. The van der Waals surface area contributed by atoms with Gasteiger partial charge < -0.3 is 10.6 Å². The van der Waals surface area contributed by atoms with Gasteiger partial charge in [-0.05, 0) is 49.1 Å². The summed E-state index contributed by atoms with van der Waals surface area (Å²) in [6.07, 6.45) is 4.52. The van der Waals surface area contributed by atoms with Crippen molar-refractivity contribution in [1.82, 2.24) is 20.5 Å². The number of benzene rings is 1. The molecule has 0 fully saturated rings. The van der Waals surface area contributed by atoms with E-state index < -0.39 is 0 Å². The van der Waals surface area contributed by atoms with E-state index in [0.717, 1.165) is 25.1 Å². The molecule has 0 spiro atoms. The molecule has 25 heavy (non-hydrogen) atoms. The standard InChI is InChI=1S/C20H26N4O/c1-20(2,24-12-9-17-5-3-4-6-18(17)14-24)15-23-19(25)22-13-16-7-10-21-11-8-16/h3-8,10-11H,9,12-15H2,1-2H3,(H2,22,23,25). The van der Waals surface area contributed by atoms with E-state index in [9.17, 15) is 4.79 Å². The lowest BCUT2D eigenvalue weighted by molar-refractivity contribution is 0.104. The Bertz CT molecular complexity index is 715. The second kappa shape index (κ2) is 7.66. The minimum atomic E-state index is -0.137. The Balaban J connectivity index is 1.49. The Labute approximate surface area is 149 Å². The van der Waals surface area contributed by atoms with Crippen LogP contribution < -0.4 is 10.6 Å². The van der Waals surface area contributed by atoms with Crippen molar-refractivity contribution in [3.8, 4) is 0 Å². The summed E-state index contributed by atoms with van der Waals surface area (Å²) in [5.41, 5.74) is 3.78. The summed E-state index contributed by atoms with van der Waals surface area (Å²) in [5.74, 6) is 0. The summed E-state index contributed by atoms with van der Waals surface area (Å²) in [6.45, 7) is 7.44. The molecule has 2 heterocycles. The van der Waals surface area contributed by atoms with Crippen molar-refractivity contribution in [2.45, 2.75) is 38.9 Å². The number of amides is 2. The molecule has 0 bridgehead atoms. The van der Waals surface area contributed by atoms with E-state index in [0.29, 0.717) is 13.1 Å². The van der Waals surface area contributed by atoms with Crippen molar-refractivity contribution in [3.63, 3.8) is 0 Å². The normalized spacial score (nSPS) is 14.6. The zero-order valence-corrected chi connectivity index (χ0v) is 15.0. The lowest BCUT2D eigenvalue weighted by Gasteiger charge is -2.41. The molecule has 3 rings (SSSR count). The van der Waals surface area contributed by atoms with E-state index in [2.05, 4.69) is 58.6 Å². The molecule has 1 aliphatic heterocycles. The third kappa shape index (κ3) is 4.57. The van der Waals surface area contributed by atoms with Gasteiger partial charge in [-0.1, -0.05) is 24.3 Å². The van der Waals surface area contributed by atoms with E-state index in [1.807, 2.05) is 12.1 Å².